The van der Waals surface area contributed by atoms with Gasteiger partial charge in [-0.1, -0.05) is 0 Å². The van der Waals surface area contributed by atoms with Crippen molar-refractivity contribution in [2.75, 3.05) is 6.67 Å². The van der Waals surface area contributed by atoms with Crippen LogP contribution in [0, 0.1) is 11.3 Å². The molecule has 2 aliphatic carbocycles. The molecule has 2 saturated carbocycles. The van der Waals surface area contributed by atoms with Crippen molar-refractivity contribution in [3.8, 4) is 0 Å². The van der Waals surface area contributed by atoms with Crippen molar-refractivity contribution in [1.29, 1.82) is 0 Å². The summed E-state index contributed by atoms with van der Waals surface area (Å²) in [6, 6.07) is 0.431. The molecular formula is C8H14FN. The van der Waals surface area contributed by atoms with Crippen molar-refractivity contribution in [3.63, 3.8) is 0 Å². The van der Waals surface area contributed by atoms with E-state index in [9.17, 15) is 4.39 Å². The molecule has 2 fully saturated rings. The molecule has 0 aromatic rings. The normalized spacial score (nSPS) is 52.2. The van der Waals surface area contributed by atoms with Gasteiger partial charge in [-0.05, 0) is 37.0 Å². The van der Waals surface area contributed by atoms with E-state index in [4.69, 9.17) is 5.73 Å². The fourth-order valence-corrected chi connectivity index (χ4v) is 2.66. The average Bonchev–Trinajstić information content (AvgIpc) is 1.74. The predicted octanol–water partition coefficient (Wildman–Crippen LogP) is 1.47. The minimum atomic E-state index is -0.114. The van der Waals surface area contributed by atoms with Crippen LogP contribution in [0.1, 0.15) is 25.7 Å². The van der Waals surface area contributed by atoms with E-state index >= 15 is 0 Å². The smallest absolute Gasteiger partial charge is 0.0923 e. The summed E-state index contributed by atoms with van der Waals surface area (Å²) in [6.07, 6.45) is 4.53. The summed E-state index contributed by atoms with van der Waals surface area (Å²) in [6.45, 7) is -0.114. The Hall–Kier alpha value is -0.110. The Morgan fingerprint density at radius 1 is 1.30 bits per heavy atom. The van der Waals surface area contributed by atoms with Crippen molar-refractivity contribution in [3.05, 3.63) is 0 Å². The van der Waals surface area contributed by atoms with Gasteiger partial charge in [-0.15, -0.1) is 0 Å². The van der Waals surface area contributed by atoms with E-state index in [0.29, 0.717) is 17.4 Å². The molecule has 0 radical (unpaired) electrons. The topological polar surface area (TPSA) is 26.0 Å². The van der Waals surface area contributed by atoms with Gasteiger partial charge in [0.15, 0.2) is 0 Å². The fraction of sp³-hybridized carbons (Fsp3) is 1.00. The average molecular weight is 143 g/mol. The number of nitrogens with two attached hydrogens (primary N) is 1. The first-order chi connectivity index (χ1) is 4.74. The third kappa shape index (κ3) is 0.782. The highest BCUT2D eigenvalue weighted by atomic mass is 19.1. The molecule has 2 heteroatoms. The predicted molar refractivity (Wildman–Crippen MR) is 38.3 cm³/mol. The summed E-state index contributed by atoms with van der Waals surface area (Å²) >= 11 is 0. The molecule has 2 rings (SSSR count). The van der Waals surface area contributed by atoms with Gasteiger partial charge in [0.05, 0.1) is 6.67 Å². The van der Waals surface area contributed by atoms with Gasteiger partial charge >= 0.3 is 0 Å². The number of hydrogen-bond acceptors (Lipinski definition) is 1. The Morgan fingerprint density at radius 2 is 1.90 bits per heavy atom. The molecule has 58 valence electrons. The van der Waals surface area contributed by atoms with E-state index < -0.39 is 0 Å². The Balaban J connectivity index is 1.80. The van der Waals surface area contributed by atoms with Crippen LogP contribution in [0.15, 0.2) is 0 Å². The third-order valence-corrected chi connectivity index (χ3v) is 3.05. The second-order valence-corrected chi connectivity index (χ2v) is 4.10. The van der Waals surface area contributed by atoms with Gasteiger partial charge in [0.2, 0.25) is 0 Å². The first kappa shape index (κ1) is 6.59. The molecule has 2 N–H and O–H groups in total. The van der Waals surface area contributed by atoms with E-state index in [1.165, 1.54) is 0 Å². The lowest BCUT2D eigenvalue weighted by molar-refractivity contribution is -0.0467. The first-order valence-corrected chi connectivity index (χ1v) is 4.06. The van der Waals surface area contributed by atoms with E-state index in [2.05, 4.69) is 0 Å². The molecule has 0 unspecified atom stereocenters. The quantitative estimate of drug-likeness (QED) is 0.591. The maximum Gasteiger partial charge on any atom is 0.0923 e. The zero-order valence-corrected chi connectivity index (χ0v) is 6.15. The standard InChI is InChI=1S/C8H14FN/c9-5-6-1-8(2-6)3-7(10)4-8/h6-7H,1-5,10H2. The SMILES string of the molecule is NC1CC2(C1)CC(CF)C2. The zero-order chi connectivity index (χ0) is 7.19. The van der Waals surface area contributed by atoms with Crippen LogP contribution in [0.2, 0.25) is 0 Å². The molecule has 10 heavy (non-hydrogen) atoms. The minimum absolute atomic E-state index is 0.114. The molecule has 0 atom stereocenters. The minimum Gasteiger partial charge on any atom is -0.328 e. The maximum atomic E-state index is 12.0. The molecule has 0 bridgehead atoms. The molecular weight excluding hydrogens is 129 g/mol. The Bertz CT molecular complexity index is 132. The van der Waals surface area contributed by atoms with Crippen LogP contribution < -0.4 is 5.73 Å². The van der Waals surface area contributed by atoms with Crippen LogP contribution in [0.5, 0.6) is 0 Å². The largest absolute Gasteiger partial charge is 0.328 e. The van der Waals surface area contributed by atoms with E-state index in [0.717, 1.165) is 25.7 Å². The maximum absolute atomic E-state index is 12.0. The highest BCUT2D eigenvalue weighted by molar-refractivity contribution is 5.04. The van der Waals surface area contributed by atoms with Crippen molar-refractivity contribution >= 4 is 0 Å². The van der Waals surface area contributed by atoms with E-state index in [-0.39, 0.29) is 6.67 Å². The van der Waals surface area contributed by atoms with Gasteiger partial charge in [0.1, 0.15) is 0 Å². The molecule has 1 spiro atoms. The third-order valence-electron chi connectivity index (χ3n) is 3.05. The number of halogens is 1. The van der Waals surface area contributed by atoms with Gasteiger partial charge in [-0.3, -0.25) is 4.39 Å². The Labute approximate surface area is 60.8 Å². The monoisotopic (exact) mass is 143 g/mol. The lowest BCUT2D eigenvalue weighted by Gasteiger charge is -2.56. The zero-order valence-electron chi connectivity index (χ0n) is 6.15. The van der Waals surface area contributed by atoms with Crippen LogP contribution in [0.25, 0.3) is 0 Å². The van der Waals surface area contributed by atoms with Crippen LogP contribution in [-0.2, 0) is 0 Å². The van der Waals surface area contributed by atoms with Crippen LogP contribution in [0.3, 0.4) is 0 Å². The second-order valence-electron chi connectivity index (χ2n) is 4.10. The second kappa shape index (κ2) is 1.94. The van der Waals surface area contributed by atoms with Crippen LogP contribution in [0.4, 0.5) is 4.39 Å². The summed E-state index contributed by atoms with van der Waals surface area (Å²) in [5.41, 5.74) is 6.18. The van der Waals surface area contributed by atoms with Gasteiger partial charge in [-0.25, -0.2) is 0 Å². The molecule has 0 aromatic heterocycles. The van der Waals surface area contributed by atoms with Crippen molar-refractivity contribution in [2.45, 2.75) is 31.7 Å². The molecule has 0 amide bonds. The van der Waals surface area contributed by atoms with Crippen molar-refractivity contribution < 1.29 is 4.39 Å². The van der Waals surface area contributed by atoms with E-state index in [1.54, 1.807) is 0 Å². The highest BCUT2D eigenvalue weighted by Crippen LogP contribution is 2.58. The van der Waals surface area contributed by atoms with Gasteiger partial charge in [-0.2, -0.15) is 0 Å². The highest BCUT2D eigenvalue weighted by Gasteiger charge is 2.51. The molecule has 0 aliphatic heterocycles. The summed E-state index contributed by atoms with van der Waals surface area (Å²) in [5, 5.41) is 0. The van der Waals surface area contributed by atoms with Gasteiger partial charge in [0, 0.05) is 6.04 Å². The lowest BCUT2D eigenvalue weighted by atomic mass is 9.50. The van der Waals surface area contributed by atoms with Gasteiger partial charge < -0.3 is 5.73 Å². The van der Waals surface area contributed by atoms with E-state index in [1.807, 2.05) is 0 Å². The number of hydrogen-bond donors (Lipinski definition) is 1. The fourth-order valence-electron chi connectivity index (χ4n) is 2.66. The molecule has 1 nitrogen and oxygen atoms in total. The van der Waals surface area contributed by atoms with Crippen LogP contribution >= 0.6 is 0 Å². The van der Waals surface area contributed by atoms with Gasteiger partial charge in [0.25, 0.3) is 0 Å². The molecule has 2 aliphatic rings. The van der Waals surface area contributed by atoms with Crippen LogP contribution in [-0.4, -0.2) is 12.7 Å². The summed E-state index contributed by atoms with van der Waals surface area (Å²) < 4.78 is 12.0. The Morgan fingerprint density at radius 3 is 2.30 bits per heavy atom. The van der Waals surface area contributed by atoms with Crippen molar-refractivity contribution in [1.82, 2.24) is 0 Å². The summed E-state index contributed by atoms with van der Waals surface area (Å²) in [7, 11) is 0. The number of rotatable bonds is 1. The first-order valence-electron chi connectivity index (χ1n) is 4.06. The Kier molecular flexibility index (Phi) is 1.28. The lowest BCUT2D eigenvalue weighted by Crippen LogP contribution is -2.53. The number of alkyl halides is 1. The molecule has 0 aromatic carbocycles. The summed E-state index contributed by atoms with van der Waals surface area (Å²) in [5.74, 6) is 0.382. The van der Waals surface area contributed by atoms with Crippen molar-refractivity contribution in [2.24, 2.45) is 17.1 Å². The molecule has 0 heterocycles. The summed E-state index contributed by atoms with van der Waals surface area (Å²) in [4.78, 5) is 0. The molecule has 0 saturated heterocycles.